The van der Waals surface area contributed by atoms with Crippen molar-refractivity contribution in [3.8, 4) is 0 Å². The van der Waals surface area contributed by atoms with Crippen molar-refractivity contribution in [3.63, 3.8) is 0 Å². The Morgan fingerprint density at radius 2 is 1.73 bits per heavy atom. The first-order valence-corrected chi connectivity index (χ1v) is 15.9. The van der Waals surface area contributed by atoms with Crippen LogP contribution in [0, 0.1) is 5.92 Å². The van der Waals surface area contributed by atoms with E-state index in [0.717, 1.165) is 6.20 Å². The second-order valence-corrected chi connectivity index (χ2v) is 12.6. The van der Waals surface area contributed by atoms with E-state index in [1.54, 1.807) is 16.7 Å². The molecule has 0 aromatic carbocycles. The summed E-state index contributed by atoms with van der Waals surface area (Å²) in [6, 6.07) is -2.98. The number of nitrogens with one attached hydrogen (secondary N) is 1. The van der Waals surface area contributed by atoms with Gasteiger partial charge >= 0.3 is 12.1 Å². The number of hydrogen-bond donors (Lipinski definition) is 1. The van der Waals surface area contributed by atoms with Crippen molar-refractivity contribution in [2.45, 2.75) is 88.3 Å². The van der Waals surface area contributed by atoms with Crippen molar-refractivity contribution in [2.24, 2.45) is 5.92 Å². The fraction of sp³-hybridized carbons (Fsp3) is 0.800. The highest BCUT2D eigenvalue weighted by atomic mass is 19.2. The molecule has 4 fully saturated rings. The standard InChI is InChI=1S/C30H43F4N5O6/c1-3-44-29(42)21-16-38(7-6-31)26-20(28(21)41)13-23(33)27(25(26)34)37-10-8-36(9-11-37)24-5-4-18(12-22(24)32)39-15-19(45-30(39)43)14-35-17(2)40/h16,18-20,22-27H,3-15H2,1-2H3,(H,35,40)/t18?,19-,20?,22?,23?,24?,25?,26?,27?/m0/s1. The number of rotatable bonds is 9. The molecule has 2 saturated carbocycles. The second-order valence-electron chi connectivity index (χ2n) is 12.6. The van der Waals surface area contributed by atoms with Crippen LogP contribution in [0.2, 0.25) is 0 Å². The lowest BCUT2D eigenvalue weighted by molar-refractivity contribution is -0.144. The summed E-state index contributed by atoms with van der Waals surface area (Å²) in [5.74, 6) is -2.94. The number of piperazine rings is 1. The topological polar surface area (TPSA) is 112 Å². The molecule has 2 saturated heterocycles. The molecule has 1 N–H and O–H groups in total. The maximum atomic E-state index is 16.2. The highest BCUT2D eigenvalue weighted by molar-refractivity contribution is 6.18. The van der Waals surface area contributed by atoms with Gasteiger partial charge in [-0.3, -0.25) is 19.4 Å². The number of hydrogen-bond acceptors (Lipinski definition) is 9. The Hall–Kier alpha value is -2.94. The van der Waals surface area contributed by atoms with Crippen LogP contribution in [0.15, 0.2) is 11.8 Å². The number of ether oxygens (including phenoxy) is 2. The van der Waals surface area contributed by atoms with Gasteiger partial charge in [-0.2, -0.15) is 0 Å². The third-order valence-corrected chi connectivity index (χ3v) is 9.90. The van der Waals surface area contributed by atoms with Crippen LogP contribution in [-0.4, -0.2) is 151 Å². The molecule has 45 heavy (non-hydrogen) atoms. The first-order valence-electron chi connectivity index (χ1n) is 15.9. The highest BCUT2D eigenvalue weighted by Crippen LogP contribution is 2.41. The first kappa shape index (κ1) is 33.4. The Bertz CT molecular complexity index is 1160. The maximum Gasteiger partial charge on any atom is 0.410 e. The average molecular weight is 646 g/mol. The minimum absolute atomic E-state index is 0.0192. The van der Waals surface area contributed by atoms with Crippen molar-refractivity contribution in [2.75, 3.05) is 59.1 Å². The number of esters is 1. The predicted molar refractivity (Wildman–Crippen MR) is 153 cm³/mol. The van der Waals surface area contributed by atoms with Gasteiger partial charge in [0.05, 0.1) is 31.8 Å². The number of carbonyl (C=O) groups excluding carboxylic acids is 4. The van der Waals surface area contributed by atoms with Crippen molar-refractivity contribution in [1.29, 1.82) is 0 Å². The van der Waals surface area contributed by atoms with Crippen LogP contribution in [0.25, 0.3) is 0 Å². The number of fused-ring (bicyclic) bond motifs is 1. The van der Waals surface area contributed by atoms with Crippen molar-refractivity contribution < 1.29 is 46.2 Å². The molecule has 5 aliphatic rings. The Morgan fingerprint density at radius 1 is 1.02 bits per heavy atom. The van der Waals surface area contributed by atoms with Crippen LogP contribution >= 0.6 is 0 Å². The summed E-state index contributed by atoms with van der Waals surface area (Å²) >= 11 is 0. The summed E-state index contributed by atoms with van der Waals surface area (Å²) in [4.78, 5) is 55.6. The lowest BCUT2D eigenvalue weighted by Crippen LogP contribution is -2.67. The molecule has 252 valence electrons. The van der Waals surface area contributed by atoms with Crippen molar-refractivity contribution in [1.82, 2.24) is 24.9 Å². The van der Waals surface area contributed by atoms with Crippen LogP contribution in [0.1, 0.15) is 39.5 Å². The lowest BCUT2D eigenvalue weighted by atomic mass is 9.72. The third kappa shape index (κ3) is 6.93. The van der Waals surface area contributed by atoms with Gasteiger partial charge in [-0.05, 0) is 26.2 Å². The average Bonchev–Trinajstić information content (AvgIpc) is 3.38. The molecule has 11 nitrogen and oxygen atoms in total. The molecule has 5 rings (SSSR count). The van der Waals surface area contributed by atoms with Crippen LogP contribution in [0.3, 0.4) is 0 Å². The van der Waals surface area contributed by atoms with E-state index in [-0.39, 0.29) is 56.6 Å². The second kappa shape index (κ2) is 14.2. The van der Waals surface area contributed by atoms with Gasteiger partial charge in [-0.1, -0.05) is 0 Å². The molecule has 0 bridgehead atoms. The molecule has 3 aliphatic heterocycles. The normalized spacial score (nSPS) is 36.3. The van der Waals surface area contributed by atoms with Gasteiger partial charge in [0.25, 0.3) is 0 Å². The number of nitrogens with zero attached hydrogens (tertiary/aromatic N) is 4. The van der Waals surface area contributed by atoms with Crippen LogP contribution < -0.4 is 5.32 Å². The largest absolute Gasteiger partial charge is 0.462 e. The number of amides is 2. The van der Waals surface area contributed by atoms with Crippen LogP contribution in [-0.2, 0) is 23.9 Å². The maximum absolute atomic E-state index is 16.2. The van der Waals surface area contributed by atoms with Crippen LogP contribution in [0.4, 0.5) is 22.4 Å². The number of ketones is 1. The van der Waals surface area contributed by atoms with Gasteiger partial charge in [0.15, 0.2) is 5.78 Å². The number of carbonyl (C=O) groups is 4. The van der Waals surface area contributed by atoms with Gasteiger partial charge in [-0.25, -0.2) is 27.2 Å². The predicted octanol–water partition coefficient (Wildman–Crippen LogP) is 1.55. The summed E-state index contributed by atoms with van der Waals surface area (Å²) in [6.45, 7) is 3.73. The Morgan fingerprint density at radius 3 is 2.38 bits per heavy atom. The zero-order chi connectivity index (χ0) is 32.4. The SMILES string of the molecule is CCOC(=O)C1=CN(CCF)C2C(CC(F)C(N3CCN(C4CCC(N5C[C@H](CNC(C)=O)OC5=O)CC4F)CC3)C2F)C1=O. The molecule has 0 radical (unpaired) electrons. The molecule has 0 aromatic rings. The van der Waals surface area contributed by atoms with Gasteiger partial charge < -0.3 is 24.6 Å². The fourth-order valence-corrected chi connectivity index (χ4v) is 7.78. The van der Waals surface area contributed by atoms with Crippen molar-refractivity contribution >= 4 is 23.8 Å². The Kier molecular flexibility index (Phi) is 10.6. The van der Waals surface area contributed by atoms with E-state index in [1.807, 2.05) is 4.90 Å². The molecule has 9 atom stereocenters. The van der Waals surface area contributed by atoms with Crippen molar-refractivity contribution in [3.05, 3.63) is 11.8 Å². The number of Topliss-reactive ketones (excluding diaryl/α,β-unsaturated/α-hetero) is 1. The quantitative estimate of drug-likeness (QED) is 0.227. The fourth-order valence-electron chi connectivity index (χ4n) is 7.78. The molecule has 0 spiro atoms. The lowest BCUT2D eigenvalue weighted by Gasteiger charge is -2.52. The van der Waals surface area contributed by atoms with Gasteiger partial charge in [-0.15, -0.1) is 0 Å². The summed E-state index contributed by atoms with van der Waals surface area (Å²) in [5.41, 5.74) is -0.319. The minimum Gasteiger partial charge on any atom is -0.462 e. The van der Waals surface area contributed by atoms with Gasteiger partial charge in [0.2, 0.25) is 5.91 Å². The van der Waals surface area contributed by atoms with E-state index in [9.17, 15) is 23.6 Å². The summed E-state index contributed by atoms with van der Waals surface area (Å²) in [7, 11) is 0. The van der Waals surface area contributed by atoms with E-state index >= 15 is 13.2 Å². The van der Waals surface area contributed by atoms with E-state index in [0.29, 0.717) is 39.0 Å². The monoisotopic (exact) mass is 645 g/mol. The number of halogens is 4. The Labute approximate surface area is 260 Å². The molecular weight excluding hydrogens is 602 g/mol. The van der Waals surface area contributed by atoms with E-state index < -0.39 is 73.2 Å². The highest BCUT2D eigenvalue weighted by Gasteiger charge is 2.55. The number of cyclic esters (lactones) is 1. The minimum atomic E-state index is -1.82. The van der Waals surface area contributed by atoms with E-state index in [4.69, 9.17) is 9.47 Å². The first-order chi connectivity index (χ1) is 21.5. The molecule has 2 amide bonds. The summed E-state index contributed by atoms with van der Waals surface area (Å²) < 4.78 is 71.2. The molecule has 8 unspecified atom stereocenters. The zero-order valence-electron chi connectivity index (χ0n) is 25.7. The van der Waals surface area contributed by atoms with E-state index in [1.165, 1.54) is 11.8 Å². The van der Waals surface area contributed by atoms with Crippen LogP contribution in [0.5, 0.6) is 0 Å². The molecular formula is C30H43F4N5O6. The zero-order valence-corrected chi connectivity index (χ0v) is 25.7. The Balaban J connectivity index is 1.17. The smallest absolute Gasteiger partial charge is 0.410 e. The molecule has 0 aromatic heterocycles. The molecule has 3 heterocycles. The summed E-state index contributed by atoms with van der Waals surface area (Å²) in [5, 5.41) is 2.63. The summed E-state index contributed by atoms with van der Waals surface area (Å²) in [6.07, 6.45) is -3.61. The molecule has 2 aliphatic carbocycles. The third-order valence-electron chi connectivity index (χ3n) is 9.90. The van der Waals surface area contributed by atoms with Gasteiger partial charge in [0.1, 0.15) is 36.9 Å². The van der Waals surface area contributed by atoms with Gasteiger partial charge in [0, 0.05) is 70.3 Å². The number of alkyl halides is 4. The van der Waals surface area contributed by atoms with E-state index in [2.05, 4.69) is 5.32 Å². The molecule has 15 heteroatoms.